The van der Waals surface area contributed by atoms with Crippen molar-refractivity contribution in [1.29, 1.82) is 0 Å². The molecule has 28 heavy (non-hydrogen) atoms. The number of hydrogen-bond acceptors (Lipinski definition) is 5. The van der Waals surface area contributed by atoms with E-state index in [1.807, 2.05) is 12.1 Å². The Labute approximate surface area is 170 Å². The molecule has 2 heterocycles. The molecule has 0 atom stereocenters. The van der Waals surface area contributed by atoms with Crippen molar-refractivity contribution in [2.75, 3.05) is 5.75 Å². The first-order chi connectivity index (χ1) is 13.5. The summed E-state index contributed by atoms with van der Waals surface area (Å²) in [6.45, 7) is 8.52. The second-order valence-electron chi connectivity index (χ2n) is 7.41. The van der Waals surface area contributed by atoms with E-state index in [4.69, 9.17) is 0 Å². The SMILES string of the molecule is CC(C)c1ccc(CC(=O)CSc2nnc(-c3ccncc3)n2C(C)C)cc1. The molecule has 1 aromatic carbocycles. The number of thioether (sulfide) groups is 1. The largest absolute Gasteiger partial charge is 0.299 e. The summed E-state index contributed by atoms with van der Waals surface area (Å²) >= 11 is 1.45. The maximum atomic E-state index is 12.5. The van der Waals surface area contributed by atoms with Gasteiger partial charge in [-0.3, -0.25) is 14.3 Å². The number of benzene rings is 1. The maximum absolute atomic E-state index is 12.5. The van der Waals surface area contributed by atoms with Gasteiger partial charge in [0.15, 0.2) is 11.0 Å². The van der Waals surface area contributed by atoms with Gasteiger partial charge in [0.05, 0.1) is 5.75 Å². The summed E-state index contributed by atoms with van der Waals surface area (Å²) in [5.74, 6) is 1.87. The molecule has 0 N–H and O–H groups in total. The van der Waals surface area contributed by atoms with Crippen molar-refractivity contribution in [3.8, 4) is 11.4 Å². The number of carbonyl (C=O) groups excluding carboxylic acids is 1. The number of ketones is 1. The molecule has 0 aliphatic carbocycles. The van der Waals surface area contributed by atoms with Crippen LogP contribution in [0, 0.1) is 0 Å². The van der Waals surface area contributed by atoms with E-state index >= 15 is 0 Å². The van der Waals surface area contributed by atoms with Crippen LogP contribution in [0.25, 0.3) is 11.4 Å². The fourth-order valence-electron chi connectivity index (χ4n) is 2.98. The summed E-state index contributed by atoms with van der Waals surface area (Å²) in [4.78, 5) is 16.5. The predicted octanol–water partition coefficient (Wildman–Crippen LogP) is 4.95. The zero-order valence-corrected chi connectivity index (χ0v) is 17.6. The zero-order chi connectivity index (χ0) is 20.1. The molecule has 0 aliphatic rings. The third-order valence-corrected chi connectivity index (χ3v) is 5.53. The lowest BCUT2D eigenvalue weighted by Gasteiger charge is -2.13. The normalized spacial score (nSPS) is 11.4. The van der Waals surface area contributed by atoms with E-state index in [0.29, 0.717) is 18.1 Å². The monoisotopic (exact) mass is 394 g/mol. The molecule has 0 unspecified atom stereocenters. The molecule has 146 valence electrons. The molecule has 0 saturated carbocycles. The van der Waals surface area contributed by atoms with Gasteiger partial charge >= 0.3 is 0 Å². The zero-order valence-electron chi connectivity index (χ0n) is 16.8. The number of carbonyl (C=O) groups is 1. The fraction of sp³-hybridized carbons (Fsp3) is 0.364. The van der Waals surface area contributed by atoms with Crippen LogP contribution < -0.4 is 0 Å². The molecule has 2 aromatic heterocycles. The van der Waals surface area contributed by atoms with Crippen LogP contribution in [0.4, 0.5) is 0 Å². The highest BCUT2D eigenvalue weighted by Gasteiger charge is 2.18. The van der Waals surface area contributed by atoms with Gasteiger partial charge in [0.25, 0.3) is 0 Å². The highest BCUT2D eigenvalue weighted by Crippen LogP contribution is 2.27. The summed E-state index contributed by atoms with van der Waals surface area (Å²) in [6, 6.07) is 12.4. The molecule has 0 radical (unpaired) electrons. The summed E-state index contributed by atoms with van der Waals surface area (Å²) < 4.78 is 2.07. The van der Waals surface area contributed by atoms with Crippen LogP contribution in [-0.2, 0) is 11.2 Å². The van der Waals surface area contributed by atoms with Crippen LogP contribution in [-0.4, -0.2) is 31.3 Å². The Morgan fingerprint density at radius 3 is 2.29 bits per heavy atom. The van der Waals surface area contributed by atoms with E-state index in [1.165, 1.54) is 17.3 Å². The lowest BCUT2D eigenvalue weighted by Crippen LogP contribution is -2.09. The number of pyridine rings is 1. The van der Waals surface area contributed by atoms with Gasteiger partial charge in [-0.25, -0.2) is 0 Å². The number of nitrogens with zero attached hydrogens (tertiary/aromatic N) is 4. The molecular weight excluding hydrogens is 368 g/mol. The van der Waals surface area contributed by atoms with Crippen molar-refractivity contribution in [1.82, 2.24) is 19.7 Å². The van der Waals surface area contributed by atoms with Gasteiger partial charge in [-0.1, -0.05) is 49.9 Å². The van der Waals surface area contributed by atoms with Crippen LogP contribution in [0.1, 0.15) is 50.8 Å². The van der Waals surface area contributed by atoms with Gasteiger partial charge in [0.2, 0.25) is 0 Å². The molecule has 0 aliphatic heterocycles. The van der Waals surface area contributed by atoms with Gasteiger partial charge in [-0.2, -0.15) is 0 Å². The van der Waals surface area contributed by atoms with E-state index in [-0.39, 0.29) is 11.8 Å². The number of Topliss-reactive ketones (excluding diaryl/α,β-unsaturated/α-hetero) is 1. The Morgan fingerprint density at radius 1 is 1.00 bits per heavy atom. The van der Waals surface area contributed by atoms with Gasteiger partial charge < -0.3 is 0 Å². The summed E-state index contributed by atoms with van der Waals surface area (Å²) in [7, 11) is 0. The Hall–Kier alpha value is -2.47. The predicted molar refractivity (Wildman–Crippen MR) is 114 cm³/mol. The molecule has 3 rings (SSSR count). The van der Waals surface area contributed by atoms with E-state index in [9.17, 15) is 4.79 Å². The van der Waals surface area contributed by atoms with Crippen molar-refractivity contribution < 1.29 is 4.79 Å². The standard InChI is InChI=1S/C22H26N4OS/c1-15(2)18-7-5-17(6-8-18)13-20(27)14-28-22-25-24-21(26(22)16(3)4)19-9-11-23-12-10-19/h5-12,15-16H,13-14H2,1-4H3. The molecule has 6 heteroatoms. The first-order valence-electron chi connectivity index (χ1n) is 9.54. The highest BCUT2D eigenvalue weighted by molar-refractivity contribution is 7.99. The number of hydrogen-bond donors (Lipinski definition) is 0. The van der Waals surface area contributed by atoms with Crippen molar-refractivity contribution >= 4 is 17.5 Å². The van der Waals surface area contributed by atoms with Crippen molar-refractivity contribution in [2.24, 2.45) is 0 Å². The molecule has 3 aromatic rings. The maximum Gasteiger partial charge on any atom is 0.192 e. The highest BCUT2D eigenvalue weighted by atomic mass is 32.2. The Kier molecular flexibility index (Phi) is 6.62. The molecule has 0 spiro atoms. The average Bonchev–Trinajstić information content (AvgIpc) is 3.12. The van der Waals surface area contributed by atoms with Crippen LogP contribution in [0.2, 0.25) is 0 Å². The van der Waals surface area contributed by atoms with Gasteiger partial charge in [-0.15, -0.1) is 10.2 Å². The topological polar surface area (TPSA) is 60.7 Å². The third kappa shape index (κ3) is 4.87. The first-order valence-corrected chi connectivity index (χ1v) is 10.5. The fourth-order valence-corrected chi connectivity index (χ4v) is 3.91. The van der Waals surface area contributed by atoms with Crippen LogP contribution in [0.5, 0.6) is 0 Å². The van der Waals surface area contributed by atoms with Gasteiger partial charge in [0.1, 0.15) is 5.78 Å². The lowest BCUT2D eigenvalue weighted by molar-refractivity contribution is -0.116. The van der Waals surface area contributed by atoms with E-state index < -0.39 is 0 Å². The molecular formula is C22H26N4OS. The van der Waals surface area contributed by atoms with E-state index in [1.54, 1.807) is 12.4 Å². The molecule has 5 nitrogen and oxygen atoms in total. The minimum atomic E-state index is 0.186. The first kappa shape index (κ1) is 20.3. The van der Waals surface area contributed by atoms with Crippen LogP contribution >= 0.6 is 11.8 Å². The lowest BCUT2D eigenvalue weighted by atomic mass is 10.0. The smallest absolute Gasteiger partial charge is 0.192 e. The summed E-state index contributed by atoms with van der Waals surface area (Å²) in [6.07, 6.45) is 3.93. The van der Waals surface area contributed by atoms with Crippen molar-refractivity contribution in [2.45, 2.75) is 51.2 Å². The van der Waals surface area contributed by atoms with Crippen molar-refractivity contribution in [3.63, 3.8) is 0 Å². The van der Waals surface area contributed by atoms with Gasteiger partial charge in [-0.05, 0) is 43.0 Å². The van der Waals surface area contributed by atoms with E-state index in [2.05, 4.69) is 71.7 Å². The van der Waals surface area contributed by atoms with Crippen molar-refractivity contribution in [3.05, 3.63) is 59.9 Å². The minimum absolute atomic E-state index is 0.186. The quantitative estimate of drug-likeness (QED) is 0.506. The van der Waals surface area contributed by atoms with E-state index in [0.717, 1.165) is 22.1 Å². The second-order valence-corrected chi connectivity index (χ2v) is 8.35. The average molecular weight is 395 g/mol. The number of rotatable bonds is 8. The Balaban J connectivity index is 1.67. The molecule has 0 amide bonds. The van der Waals surface area contributed by atoms with Gasteiger partial charge in [0, 0.05) is 30.4 Å². The number of aromatic nitrogens is 4. The molecule has 0 bridgehead atoms. The van der Waals surface area contributed by atoms with Crippen LogP contribution in [0.15, 0.2) is 53.9 Å². The Morgan fingerprint density at radius 2 is 1.68 bits per heavy atom. The third-order valence-electron chi connectivity index (χ3n) is 4.53. The Bertz CT molecular complexity index is 917. The summed E-state index contributed by atoms with van der Waals surface area (Å²) in [5.41, 5.74) is 3.32. The summed E-state index contributed by atoms with van der Waals surface area (Å²) in [5, 5.41) is 9.44. The minimum Gasteiger partial charge on any atom is -0.299 e. The van der Waals surface area contributed by atoms with Crippen LogP contribution in [0.3, 0.4) is 0 Å². The molecule has 0 saturated heterocycles. The second kappa shape index (κ2) is 9.15. The molecule has 0 fully saturated rings.